The van der Waals surface area contributed by atoms with E-state index in [-0.39, 0.29) is 6.04 Å². The summed E-state index contributed by atoms with van der Waals surface area (Å²) in [7, 11) is 0. The third-order valence-corrected chi connectivity index (χ3v) is 1.19. The van der Waals surface area contributed by atoms with E-state index in [9.17, 15) is 4.79 Å². The van der Waals surface area contributed by atoms with Crippen LogP contribution in [-0.4, -0.2) is 12.0 Å². The Hall–Kier alpha value is -1.03. The zero-order valence-corrected chi connectivity index (χ0v) is 4.83. The Kier molecular flexibility index (Phi) is 1.69. The van der Waals surface area contributed by atoms with Crippen molar-refractivity contribution >= 4 is 5.97 Å². The first kappa shape index (κ1) is 6.10. The van der Waals surface area contributed by atoms with E-state index in [1.54, 1.807) is 6.20 Å². The zero-order valence-electron chi connectivity index (χ0n) is 4.83. The van der Waals surface area contributed by atoms with E-state index in [1.807, 2.05) is 6.08 Å². The largest absolute Gasteiger partial charge is 0.378 e. The summed E-state index contributed by atoms with van der Waals surface area (Å²) in [6.45, 7) is 0. The van der Waals surface area contributed by atoms with E-state index in [4.69, 9.17) is 0 Å². The third kappa shape index (κ3) is 1.20. The lowest BCUT2D eigenvalue weighted by Gasteiger charge is -2.05. The second kappa shape index (κ2) is 2.50. The molecule has 1 atom stereocenters. The van der Waals surface area contributed by atoms with Crippen molar-refractivity contribution in [1.82, 2.24) is 5.32 Å². The first-order valence-corrected chi connectivity index (χ1v) is 2.66. The highest BCUT2D eigenvalue weighted by Crippen LogP contribution is 2.01. The van der Waals surface area contributed by atoms with Crippen LogP contribution in [0.2, 0.25) is 0 Å². The predicted octanol–water partition coefficient (Wildman–Crippen LogP) is -0.721. The minimum absolute atomic E-state index is 0.269. The summed E-state index contributed by atoms with van der Waals surface area (Å²) in [4.78, 5) is 14.6. The lowest BCUT2D eigenvalue weighted by atomic mass is 10.2. The first-order valence-electron chi connectivity index (χ1n) is 2.66. The highest BCUT2D eigenvalue weighted by molar-refractivity contribution is 5.76. The van der Waals surface area contributed by atoms with Gasteiger partial charge in [-0.15, -0.1) is 0 Å². The molecule has 0 fully saturated rings. The monoisotopic (exact) mass is 128 g/mol. The van der Waals surface area contributed by atoms with Gasteiger partial charge in [0.15, 0.2) is 0 Å². The molecule has 0 spiro atoms. The Morgan fingerprint density at radius 1 is 1.89 bits per heavy atom. The van der Waals surface area contributed by atoms with Crippen molar-refractivity contribution in [2.24, 2.45) is 5.90 Å². The summed E-state index contributed by atoms with van der Waals surface area (Å²) in [6, 6.07) is -0.269. The smallest absolute Gasteiger partial charge is 0.347 e. The van der Waals surface area contributed by atoms with E-state index in [0.29, 0.717) is 6.42 Å². The van der Waals surface area contributed by atoms with Crippen molar-refractivity contribution < 1.29 is 9.63 Å². The molecule has 0 aromatic heterocycles. The van der Waals surface area contributed by atoms with Gasteiger partial charge in [-0.25, -0.2) is 4.79 Å². The molecule has 0 radical (unpaired) electrons. The maximum Gasteiger partial charge on any atom is 0.347 e. The predicted molar refractivity (Wildman–Crippen MR) is 31.0 cm³/mol. The number of hydrogen-bond acceptors (Lipinski definition) is 4. The summed E-state index contributed by atoms with van der Waals surface area (Å²) in [5.74, 6) is 4.22. The molecule has 4 nitrogen and oxygen atoms in total. The maximum absolute atomic E-state index is 10.6. The van der Waals surface area contributed by atoms with Gasteiger partial charge >= 0.3 is 5.97 Å². The molecule has 9 heavy (non-hydrogen) atoms. The average Bonchev–Trinajstić information content (AvgIpc) is 2.37. The van der Waals surface area contributed by atoms with Gasteiger partial charge < -0.3 is 10.2 Å². The fraction of sp³-hybridized carbons (Fsp3) is 0.400. The molecular formula is C5H8N2O2. The minimum Gasteiger partial charge on any atom is -0.378 e. The molecule has 4 heteroatoms. The molecule has 0 aromatic carbocycles. The van der Waals surface area contributed by atoms with Gasteiger partial charge in [-0.3, -0.25) is 0 Å². The van der Waals surface area contributed by atoms with E-state index in [0.717, 1.165) is 0 Å². The number of hydrogen-bond donors (Lipinski definition) is 2. The van der Waals surface area contributed by atoms with Crippen LogP contribution in [0.1, 0.15) is 6.42 Å². The van der Waals surface area contributed by atoms with E-state index in [1.165, 1.54) is 0 Å². The van der Waals surface area contributed by atoms with Crippen molar-refractivity contribution in [3.8, 4) is 0 Å². The number of rotatable bonds is 1. The lowest BCUT2D eigenvalue weighted by molar-refractivity contribution is -0.146. The first-order chi connectivity index (χ1) is 4.34. The van der Waals surface area contributed by atoms with Crippen LogP contribution in [0.15, 0.2) is 12.3 Å². The Balaban J connectivity index is 2.36. The number of carbonyl (C=O) groups is 1. The average molecular weight is 128 g/mol. The van der Waals surface area contributed by atoms with Crippen molar-refractivity contribution in [1.29, 1.82) is 0 Å². The molecular weight excluding hydrogens is 120 g/mol. The van der Waals surface area contributed by atoms with Crippen molar-refractivity contribution in [3.05, 3.63) is 12.3 Å². The quantitative estimate of drug-likeness (QED) is 0.457. The third-order valence-electron chi connectivity index (χ3n) is 1.19. The van der Waals surface area contributed by atoms with E-state index in [2.05, 4.69) is 16.1 Å². The van der Waals surface area contributed by atoms with Crippen molar-refractivity contribution in [2.75, 3.05) is 0 Å². The molecule has 50 valence electrons. The molecule has 1 aliphatic heterocycles. The van der Waals surface area contributed by atoms with Crippen LogP contribution in [0.3, 0.4) is 0 Å². The molecule has 1 heterocycles. The summed E-state index contributed by atoms with van der Waals surface area (Å²) < 4.78 is 0. The normalized spacial score (nSPS) is 23.4. The second-order valence-electron chi connectivity index (χ2n) is 1.79. The van der Waals surface area contributed by atoms with Crippen molar-refractivity contribution in [3.63, 3.8) is 0 Å². The summed E-state index contributed by atoms with van der Waals surface area (Å²) in [5.41, 5.74) is 0. The molecule has 3 N–H and O–H groups in total. The molecule has 1 rings (SSSR count). The van der Waals surface area contributed by atoms with Gasteiger partial charge in [-0.1, -0.05) is 6.08 Å². The van der Waals surface area contributed by atoms with Crippen LogP contribution in [0.5, 0.6) is 0 Å². The molecule has 0 bridgehead atoms. The van der Waals surface area contributed by atoms with Gasteiger partial charge in [0.2, 0.25) is 0 Å². The van der Waals surface area contributed by atoms with Crippen LogP contribution in [0.4, 0.5) is 0 Å². The summed E-state index contributed by atoms with van der Waals surface area (Å²) in [5, 5.41) is 2.77. The van der Waals surface area contributed by atoms with E-state index < -0.39 is 5.97 Å². The van der Waals surface area contributed by atoms with Gasteiger partial charge in [0.05, 0.1) is 0 Å². The Bertz CT molecular complexity index is 136. The van der Waals surface area contributed by atoms with Crippen LogP contribution >= 0.6 is 0 Å². The van der Waals surface area contributed by atoms with Crippen LogP contribution in [0.25, 0.3) is 0 Å². The molecule has 1 unspecified atom stereocenters. The summed E-state index contributed by atoms with van der Waals surface area (Å²) in [6.07, 6.45) is 4.22. The van der Waals surface area contributed by atoms with Gasteiger partial charge in [-0.05, 0) is 12.6 Å². The molecule has 0 amide bonds. The Morgan fingerprint density at radius 3 is 3.11 bits per heavy atom. The van der Waals surface area contributed by atoms with Gasteiger partial charge in [0.1, 0.15) is 6.04 Å². The standard InChI is InChI=1S/C5H8N2O2/c6-9-5(8)4-2-1-3-7-4/h1,3-4,7H,2,6H2. The lowest BCUT2D eigenvalue weighted by Crippen LogP contribution is -2.32. The van der Waals surface area contributed by atoms with Crippen LogP contribution in [-0.2, 0) is 9.63 Å². The molecule has 0 saturated heterocycles. The van der Waals surface area contributed by atoms with Gasteiger partial charge in [-0.2, -0.15) is 5.90 Å². The van der Waals surface area contributed by atoms with Crippen molar-refractivity contribution in [2.45, 2.75) is 12.5 Å². The summed E-state index contributed by atoms with van der Waals surface area (Å²) >= 11 is 0. The molecule has 0 aromatic rings. The second-order valence-corrected chi connectivity index (χ2v) is 1.79. The van der Waals surface area contributed by atoms with Crippen LogP contribution in [0, 0.1) is 0 Å². The molecule has 0 aliphatic carbocycles. The zero-order chi connectivity index (χ0) is 6.69. The Labute approximate surface area is 52.6 Å². The fourth-order valence-corrected chi connectivity index (χ4v) is 0.703. The van der Waals surface area contributed by atoms with Gasteiger partial charge in [0, 0.05) is 0 Å². The maximum atomic E-state index is 10.6. The highest BCUT2D eigenvalue weighted by Gasteiger charge is 2.18. The number of nitrogens with one attached hydrogen (secondary N) is 1. The number of carbonyl (C=O) groups excluding carboxylic acids is 1. The fourth-order valence-electron chi connectivity index (χ4n) is 0.703. The number of nitrogens with two attached hydrogens (primary N) is 1. The van der Waals surface area contributed by atoms with E-state index >= 15 is 0 Å². The highest BCUT2D eigenvalue weighted by atomic mass is 16.7. The SMILES string of the molecule is NOC(=O)C1CC=CN1. The molecule has 1 aliphatic rings. The molecule has 0 saturated carbocycles. The Morgan fingerprint density at radius 2 is 2.67 bits per heavy atom. The topological polar surface area (TPSA) is 64.3 Å². The van der Waals surface area contributed by atoms with Crippen LogP contribution < -0.4 is 11.2 Å². The minimum atomic E-state index is -0.417. The van der Waals surface area contributed by atoms with Gasteiger partial charge in [0.25, 0.3) is 0 Å².